The molecule has 3 nitrogen and oxygen atoms in total. The van der Waals surface area contributed by atoms with Crippen LogP contribution in [0.5, 0.6) is 0 Å². The largest absolute Gasteiger partial charge is 0.329 e. The zero-order valence-corrected chi connectivity index (χ0v) is 6.92. The molecule has 0 fully saturated rings. The van der Waals surface area contributed by atoms with Crippen LogP contribution in [0, 0.1) is 12.9 Å². The highest BCUT2D eigenvalue weighted by molar-refractivity contribution is 5.22. The molecule has 4 heteroatoms. The number of pyridine rings is 1. The molecule has 0 bridgehead atoms. The minimum atomic E-state index is -0.486. The number of aryl methyl sites for hydroxylation is 1. The average molecular weight is 169 g/mol. The molecule has 0 saturated heterocycles. The summed E-state index contributed by atoms with van der Waals surface area (Å²) in [6.45, 7) is 2.06. The molecule has 1 heterocycles. The lowest BCUT2D eigenvalue weighted by Gasteiger charge is -2.10. The Bertz CT molecular complexity index is 275. The lowest BCUT2D eigenvalue weighted by atomic mass is 10.1. The molecule has 0 unspecified atom stereocenters. The van der Waals surface area contributed by atoms with Crippen LogP contribution in [0.25, 0.3) is 0 Å². The Kier molecular flexibility index (Phi) is 2.73. The molecule has 0 aliphatic heterocycles. The number of nitrogens with two attached hydrogens (primary N) is 2. The van der Waals surface area contributed by atoms with E-state index in [1.165, 1.54) is 6.07 Å². The predicted molar refractivity (Wildman–Crippen MR) is 44.9 cm³/mol. The normalized spacial score (nSPS) is 13.0. The molecule has 0 amide bonds. The Balaban J connectivity index is 3.01. The van der Waals surface area contributed by atoms with Crippen molar-refractivity contribution >= 4 is 0 Å². The van der Waals surface area contributed by atoms with Gasteiger partial charge in [-0.3, -0.25) is 0 Å². The van der Waals surface area contributed by atoms with Crippen LogP contribution >= 0.6 is 0 Å². The first kappa shape index (κ1) is 9.09. The van der Waals surface area contributed by atoms with Gasteiger partial charge in [-0.1, -0.05) is 6.07 Å². The molecule has 1 aromatic rings. The highest BCUT2D eigenvalue weighted by Crippen LogP contribution is 2.12. The fourth-order valence-electron chi connectivity index (χ4n) is 1.06. The number of hydrogen-bond donors (Lipinski definition) is 2. The van der Waals surface area contributed by atoms with Crippen LogP contribution in [-0.2, 0) is 0 Å². The van der Waals surface area contributed by atoms with E-state index in [1.54, 1.807) is 13.0 Å². The summed E-state index contributed by atoms with van der Waals surface area (Å²) >= 11 is 0. The summed E-state index contributed by atoms with van der Waals surface area (Å²) in [6.07, 6.45) is 0. The van der Waals surface area contributed by atoms with E-state index in [9.17, 15) is 4.39 Å². The molecule has 1 aromatic heterocycles. The molecular weight excluding hydrogens is 157 g/mol. The van der Waals surface area contributed by atoms with Crippen molar-refractivity contribution < 1.29 is 4.39 Å². The van der Waals surface area contributed by atoms with Crippen LogP contribution < -0.4 is 11.5 Å². The summed E-state index contributed by atoms with van der Waals surface area (Å²) in [6, 6.07) is 2.66. The molecule has 0 aliphatic carbocycles. The Morgan fingerprint density at radius 1 is 1.58 bits per heavy atom. The third kappa shape index (κ3) is 1.78. The summed E-state index contributed by atoms with van der Waals surface area (Å²) in [4.78, 5) is 3.64. The Hall–Kier alpha value is -1.00. The van der Waals surface area contributed by atoms with Crippen LogP contribution in [0.2, 0.25) is 0 Å². The van der Waals surface area contributed by atoms with Crippen molar-refractivity contribution in [2.24, 2.45) is 11.5 Å². The van der Waals surface area contributed by atoms with E-state index in [0.717, 1.165) is 5.56 Å². The molecule has 12 heavy (non-hydrogen) atoms. The standard InChI is InChI=1S/C8H12FN3/c1-5-6(7(11)4-10)2-3-8(9)12-5/h2-3,7H,4,10-11H2,1H3/t7-/m0/s1. The smallest absolute Gasteiger partial charge is 0.213 e. The lowest BCUT2D eigenvalue weighted by molar-refractivity contribution is 0.574. The number of nitrogens with zero attached hydrogens (tertiary/aromatic N) is 1. The van der Waals surface area contributed by atoms with Crippen molar-refractivity contribution in [3.05, 3.63) is 29.3 Å². The second-order valence-electron chi connectivity index (χ2n) is 2.65. The molecule has 66 valence electrons. The third-order valence-electron chi connectivity index (χ3n) is 1.75. The van der Waals surface area contributed by atoms with Crippen molar-refractivity contribution in [3.63, 3.8) is 0 Å². The van der Waals surface area contributed by atoms with E-state index in [2.05, 4.69) is 4.98 Å². The van der Waals surface area contributed by atoms with E-state index in [-0.39, 0.29) is 6.04 Å². The van der Waals surface area contributed by atoms with Gasteiger partial charge in [-0.15, -0.1) is 0 Å². The van der Waals surface area contributed by atoms with Gasteiger partial charge in [0, 0.05) is 18.3 Å². The first-order valence-electron chi connectivity index (χ1n) is 3.74. The molecule has 4 N–H and O–H groups in total. The Morgan fingerprint density at radius 3 is 2.75 bits per heavy atom. The van der Waals surface area contributed by atoms with Gasteiger partial charge in [0.05, 0.1) is 0 Å². The van der Waals surface area contributed by atoms with Gasteiger partial charge in [-0.25, -0.2) is 4.98 Å². The minimum Gasteiger partial charge on any atom is -0.329 e. The zero-order chi connectivity index (χ0) is 9.14. The van der Waals surface area contributed by atoms with Crippen molar-refractivity contribution in [2.75, 3.05) is 6.54 Å². The van der Waals surface area contributed by atoms with Gasteiger partial charge in [-0.05, 0) is 18.6 Å². The van der Waals surface area contributed by atoms with E-state index in [0.29, 0.717) is 12.2 Å². The first-order valence-corrected chi connectivity index (χ1v) is 3.74. The van der Waals surface area contributed by atoms with Gasteiger partial charge in [0.2, 0.25) is 5.95 Å². The SMILES string of the molecule is Cc1nc(F)ccc1[C@@H](N)CN. The maximum atomic E-state index is 12.5. The summed E-state index contributed by atoms with van der Waals surface area (Å²) in [5, 5.41) is 0. The monoisotopic (exact) mass is 169 g/mol. The maximum absolute atomic E-state index is 12.5. The van der Waals surface area contributed by atoms with Crippen molar-refractivity contribution in [1.82, 2.24) is 4.98 Å². The van der Waals surface area contributed by atoms with Crippen LogP contribution in [-0.4, -0.2) is 11.5 Å². The van der Waals surface area contributed by atoms with Crippen LogP contribution in [0.1, 0.15) is 17.3 Å². The van der Waals surface area contributed by atoms with Crippen molar-refractivity contribution in [2.45, 2.75) is 13.0 Å². The number of aromatic nitrogens is 1. The van der Waals surface area contributed by atoms with Gasteiger partial charge < -0.3 is 11.5 Å². The fourth-order valence-corrected chi connectivity index (χ4v) is 1.06. The molecule has 0 aliphatic rings. The highest BCUT2D eigenvalue weighted by Gasteiger charge is 2.07. The molecule has 0 radical (unpaired) electrons. The topological polar surface area (TPSA) is 64.9 Å². The van der Waals surface area contributed by atoms with E-state index in [1.807, 2.05) is 0 Å². The number of rotatable bonds is 2. The maximum Gasteiger partial charge on any atom is 0.213 e. The van der Waals surface area contributed by atoms with Crippen molar-refractivity contribution in [1.29, 1.82) is 0 Å². The zero-order valence-electron chi connectivity index (χ0n) is 6.92. The minimum absolute atomic E-state index is 0.252. The first-order chi connectivity index (χ1) is 5.65. The van der Waals surface area contributed by atoms with Gasteiger partial charge in [-0.2, -0.15) is 4.39 Å². The van der Waals surface area contributed by atoms with Crippen LogP contribution in [0.3, 0.4) is 0 Å². The fraction of sp³-hybridized carbons (Fsp3) is 0.375. The molecular formula is C8H12FN3. The predicted octanol–water partition coefficient (Wildman–Crippen LogP) is 0.488. The molecule has 0 saturated carbocycles. The number of halogens is 1. The third-order valence-corrected chi connectivity index (χ3v) is 1.75. The highest BCUT2D eigenvalue weighted by atomic mass is 19.1. The van der Waals surface area contributed by atoms with Gasteiger partial charge in [0.15, 0.2) is 0 Å². The summed E-state index contributed by atoms with van der Waals surface area (Å²) in [7, 11) is 0. The lowest BCUT2D eigenvalue weighted by Crippen LogP contribution is -2.22. The van der Waals surface area contributed by atoms with Crippen molar-refractivity contribution in [3.8, 4) is 0 Å². The van der Waals surface area contributed by atoms with Gasteiger partial charge >= 0.3 is 0 Å². The Morgan fingerprint density at radius 2 is 2.25 bits per heavy atom. The molecule has 1 atom stereocenters. The summed E-state index contributed by atoms with van der Waals surface area (Å²) < 4.78 is 12.5. The molecule has 1 rings (SSSR count). The van der Waals surface area contributed by atoms with E-state index in [4.69, 9.17) is 11.5 Å². The molecule has 0 spiro atoms. The molecule has 0 aromatic carbocycles. The average Bonchev–Trinajstić information content (AvgIpc) is 2.03. The van der Waals surface area contributed by atoms with Crippen LogP contribution in [0.15, 0.2) is 12.1 Å². The second kappa shape index (κ2) is 3.60. The quantitative estimate of drug-likeness (QED) is 0.633. The summed E-state index contributed by atoms with van der Waals surface area (Å²) in [5.74, 6) is -0.486. The van der Waals surface area contributed by atoms with E-state index < -0.39 is 5.95 Å². The summed E-state index contributed by atoms with van der Waals surface area (Å²) in [5.41, 5.74) is 12.4. The Labute approximate surface area is 70.6 Å². The van der Waals surface area contributed by atoms with Gasteiger partial charge in [0.1, 0.15) is 0 Å². The number of hydrogen-bond acceptors (Lipinski definition) is 3. The van der Waals surface area contributed by atoms with Crippen LogP contribution in [0.4, 0.5) is 4.39 Å². The van der Waals surface area contributed by atoms with E-state index >= 15 is 0 Å². The van der Waals surface area contributed by atoms with Gasteiger partial charge in [0.25, 0.3) is 0 Å². The second-order valence-corrected chi connectivity index (χ2v) is 2.65.